The number of carbonyl (C=O) groups is 2. The van der Waals surface area contributed by atoms with Crippen LogP contribution in [0, 0.1) is 5.92 Å². The number of carboxylic acids is 1. The van der Waals surface area contributed by atoms with Crippen molar-refractivity contribution in [2.45, 2.75) is 62.6 Å². The average molecular weight is 381 g/mol. The van der Waals surface area contributed by atoms with Gasteiger partial charge in [-0.2, -0.15) is 0 Å². The number of nitrogens with zero attached hydrogens (tertiary/aromatic N) is 2. The number of rotatable bonds is 4. The van der Waals surface area contributed by atoms with Crippen LogP contribution in [0.5, 0.6) is 0 Å². The lowest BCUT2D eigenvalue weighted by Gasteiger charge is -2.53. The number of fused-ring (bicyclic) bond motifs is 1. The van der Waals surface area contributed by atoms with E-state index >= 15 is 4.39 Å². The molecule has 8 heteroatoms. The van der Waals surface area contributed by atoms with Gasteiger partial charge in [0.25, 0.3) is 0 Å². The number of carbonyl (C=O) groups excluding carboxylic acids is 1. The van der Waals surface area contributed by atoms with Gasteiger partial charge in [-0.05, 0) is 26.2 Å². The zero-order chi connectivity index (χ0) is 19.3. The van der Waals surface area contributed by atoms with Gasteiger partial charge in [0.05, 0.1) is 18.2 Å². The van der Waals surface area contributed by atoms with E-state index in [0.717, 1.165) is 32.5 Å². The Bertz CT molecular complexity index is 653. The highest BCUT2D eigenvalue weighted by Gasteiger charge is 2.56. The molecular formula is C19H28FN3O4. The molecule has 2 aliphatic carbocycles. The number of hydrogen-bond donors (Lipinski definition) is 2. The molecule has 6 unspecified atom stereocenters. The Labute approximate surface area is 158 Å². The number of nitrogens with one attached hydrogen (secondary N) is 1. The van der Waals surface area contributed by atoms with Crippen molar-refractivity contribution in [1.82, 2.24) is 15.1 Å². The predicted molar refractivity (Wildman–Crippen MR) is 96.0 cm³/mol. The summed E-state index contributed by atoms with van der Waals surface area (Å²) in [6.45, 7) is 4.34. The van der Waals surface area contributed by atoms with E-state index in [-0.39, 0.29) is 30.1 Å². The van der Waals surface area contributed by atoms with E-state index in [1.165, 1.54) is 6.20 Å². The largest absolute Gasteiger partial charge is 0.478 e. The van der Waals surface area contributed by atoms with Crippen LogP contribution in [-0.2, 0) is 14.3 Å². The maximum atomic E-state index is 15.3. The van der Waals surface area contributed by atoms with Crippen LogP contribution in [0.25, 0.3) is 0 Å². The first kappa shape index (κ1) is 18.8. The van der Waals surface area contributed by atoms with E-state index in [4.69, 9.17) is 4.74 Å². The standard InChI is InChI=1S/C19H28FN3O4/c1-10-8-22(6-5-21-10)16-14(20)7-12-15(18(16)27-2)23(11-3-4-11)9-13(17(12)24)19(25)26/h9-12,14-16,18,21H,3-8H2,1-2H3,(H,25,26). The first-order chi connectivity index (χ1) is 12.9. The summed E-state index contributed by atoms with van der Waals surface area (Å²) in [6, 6.07) is -0.238. The maximum Gasteiger partial charge on any atom is 0.340 e. The molecule has 0 bridgehead atoms. The van der Waals surface area contributed by atoms with Crippen LogP contribution in [0.15, 0.2) is 11.8 Å². The number of methoxy groups -OCH3 is 1. The smallest absolute Gasteiger partial charge is 0.340 e. The van der Waals surface area contributed by atoms with Crippen molar-refractivity contribution < 1.29 is 23.8 Å². The lowest BCUT2D eigenvalue weighted by Crippen LogP contribution is -2.68. The SMILES string of the molecule is COC1C(N2CCNC(C)C2)C(F)CC2C(=O)C(C(=O)O)=CN(C3CC3)C21. The van der Waals surface area contributed by atoms with Gasteiger partial charge in [0.1, 0.15) is 11.7 Å². The second-order valence-electron chi connectivity index (χ2n) is 8.28. The summed E-state index contributed by atoms with van der Waals surface area (Å²) in [6.07, 6.45) is 1.78. The Morgan fingerprint density at radius 3 is 2.70 bits per heavy atom. The molecule has 0 amide bonds. The number of ketones is 1. The minimum absolute atomic E-state index is 0.0557. The van der Waals surface area contributed by atoms with Crippen molar-refractivity contribution in [1.29, 1.82) is 0 Å². The Morgan fingerprint density at radius 1 is 1.37 bits per heavy atom. The van der Waals surface area contributed by atoms with Crippen molar-refractivity contribution in [3.8, 4) is 0 Å². The predicted octanol–water partition coefficient (Wildman–Crippen LogP) is 0.406. The first-order valence-corrected chi connectivity index (χ1v) is 9.83. The first-order valence-electron chi connectivity index (χ1n) is 9.83. The molecule has 4 rings (SSSR count). The number of hydrogen-bond acceptors (Lipinski definition) is 6. The summed E-state index contributed by atoms with van der Waals surface area (Å²) in [5.41, 5.74) is -0.223. The lowest BCUT2D eigenvalue weighted by molar-refractivity contribution is -0.146. The second kappa shape index (κ2) is 7.14. The van der Waals surface area contributed by atoms with Gasteiger partial charge in [-0.1, -0.05) is 0 Å². The summed E-state index contributed by atoms with van der Waals surface area (Å²) < 4.78 is 21.1. The zero-order valence-corrected chi connectivity index (χ0v) is 15.8. The Balaban J connectivity index is 1.69. The third-order valence-electron chi connectivity index (χ3n) is 6.45. The molecule has 2 N–H and O–H groups in total. The molecule has 3 fully saturated rings. The second-order valence-corrected chi connectivity index (χ2v) is 8.28. The molecule has 2 saturated carbocycles. The molecule has 0 spiro atoms. The minimum Gasteiger partial charge on any atom is -0.478 e. The topological polar surface area (TPSA) is 82.1 Å². The molecule has 0 aromatic heterocycles. The normalized spacial score (nSPS) is 40.5. The average Bonchev–Trinajstić information content (AvgIpc) is 3.46. The molecule has 1 saturated heterocycles. The van der Waals surface area contributed by atoms with E-state index in [1.54, 1.807) is 7.11 Å². The van der Waals surface area contributed by atoms with Crippen LogP contribution in [0.4, 0.5) is 4.39 Å². The van der Waals surface area contributed by atoms with Crippen molar-refractivity contribution >= 4 is 11.8 Å². The summed E-state index contributed by atoms with van der Waals surface area (Å²) >= 11 is 0. The van der Waals surface area contributed by atoms with E-state index in [9.17, 15) is 14.7 Å². The monoisotopic (exact) mass is 381 g/mol. The molecule has 2 heterocycles. The molecular weight excluding hydrogens is 353 g/mol. The number of ether oxygens (including phenoxy) is 1. The van der Waals surface area contributed by atoms with Gasteiger partial charge in [0.15, 0.2) is 5.78 Å². The van der Waals surface area contributed by atoms with Crippen LogP contribution < -0.4 is 5.32 Å². The molecule has 0 aromatic rings. The van der Waals surface area contributed by atoms with E-state index in [1.807, 2.05) is 4.90 Å². The number of Topliss-reactive ketones (excluding diaryl/α,β-unsaturated/α-hetero) is 1. The highest BCUT2D eigenvalue weighted by molar-refractivity contribution is 6.18. The van der Waals surface area contributed by atoms with Crippen LogP contribution in [-0.4, -0.2) is 89.8 Å². The van der Waals surface area contributed by atoms with Crippen LogP contribution in [0.1, 0.15) is 26.2 Å². The highest BCUT2D eigenvalue weighted by atomic mass is 19.1. The van der Waals surface area contributed by atoms with Crippen LogP contribution in [0.3, 0.4) is 0 Å². The number of aliphatic carboxylic acids is 1. The van der Waals surface area contributed by atoms with Gasteiger partial charge in [0, 0.05) is 50.9 Å². The van der Waals surface area contributed by atoms with Crippen LogP contribution in [0.2, 0.25) is 0 Å². The molecule has 7 nitrogen and oxygen atoms in total. The molecule has 2 aliphatic heterocycles. The van der Waals surface area contributed by atoms with Crippen molar-refractivity contribution in [2.75, 3.05) is 26.7 Å². The third kappa shape index (κ3) is 3.28. The van der Waals surface area contributed by atoms with Crippen LogP contribution >= 0.6 is 0 Å². The molecule has 150 valence electrons. The fourth-order valence-corrected chi connectivity index (χ4v) is 5.13. The summed E-state index contributed by atoms with van der Waals surface area (Å²) in [5.74, 6) is -2.36. The fraction of sp³-hybridized carbons (Fsp3) is 0.789. The quantitative estimate of drug-likeness (QED) is 0.683. The molecule has 4 aliphatic rings. The Hall–Kier alpha value is -1.51. The number of piperazine rings is 1. The molecule has 0 radical (unpaired) electrons. The van der Waals surface area contributed by atoms with E-state index in [0.29, 0.717) is 0 Å². The number of alkyl halides is 1. The maximum absolute atomic E-state index is 15.3. The minimum atomic E-state index is -1.23. The lowest BCUT2D eigenvalue weighted by atomic mass is 9.71. The highest BCUT2D eigenvalue weighted by Crippen LogP contribution is 2.44. The Kier molecular flexibility index (Phi) is 4.98. The summed E-state index contributed by atoms with van der Waals surface area (Å²) in [4.78, 5) is 28.5. The van der Waals surface area contributed by atoms with Gasteiger partial charge in [-0.25, -0.2) is 9.18 Å². The van der Waals surface area contributed by atoms with Gasteiger partial charge >= 0.3 is 5.97 Å². The van der Waals surface area contributed by atoms with Crippen molar-refractivity contribution in [3.05, 3.63) is 11.8 Å². The van der Waals surface area contributed by atoms with Crippen molar-refractivity contribution in [3.63, 3.8) is 0 Å². The number of carboxylic acid groups (broad SMARTS) is 1. The van der Waals surface area contributed by atoms with Gasteiger partial charge < -0.3 is 20.1 Å². The molecule has 0 aromatic carbocycles. The molecule has 27 heavy (non-hydrogen) atoms. The molecule has 6 atom stereocenters. The summed E-state index contributed by atoms with van der Waals surface area (Å²) in [7, 11) is 1.57. The fourth-order valence-electron chi connectivity index (χ4n) is 5.13. The van der Waals surface area contributed by atoms with Crippen molar-refractivity contribution in [2.24, 2.45) is 5.92 Å². The zero-order valence-electron chi connectivity index (χ0n) is 15.8. The van der Waals surface area contributed by atoms with E-state index in [2.05, 4.69) is 17.1 Å². The van der Waals surface area contributed by atoms with Gasteiger partial charge in [-0.15, -0.1) is 0 Å². The third-order valence-corrected chi connectivity index (χ3v) is 6.45. The number of halogens is 1. The summed E-state index contributed by atoms with van der Waals surface area (Å²) in [5, 5.41) is 12.8. The Morgan fingerprint density at radius 2 is 2.11 bits per heavy atom. The van der Waals surface area contributed by atoms with Gasteiger partial charge in [0.2, 0.25) is 0 Å². The van der Waals surface area contributed by atoms with Gasteiger partial charge in [-0.3, -0.25) is 9.69 Å². The van der Waals surface area contributed by atoms with E-state index < -0.39 is 36.0 Å².